The summed E-state index contributed by atoms with van der Waals surface area (Å²) >= 11 is 0. The summed E-state index contributed by atoms with van der Waals surface area (Å²) < 4.78 is 11.8. The van der Waals surface area contributed by atoms with Gasteiger partial charge in [-0.1, -0.05) is 0 Å². The molecule has 5 heteroatoms. The minimum atomic E-state index is -4.24. The molecule has 10 aliphatic rings. The van der Waals surface area contributed by atoms with Gasteiger partial charge in [0.25, 0.3) is 0 Å². The zero-order valence-corrected chi connectivity index (χ0v) is 17.9. The number of carbonyl (C=O) groups is 2. The number of fused-ring (bicyclic) bond motifs is 10. The number of esters is 2. The van der Waals surface area contributed by atoms with Crippen molar-refractivity contribution in [1.29, 1.82) is 0 Å². The number of hydrogen-bond acceptors (Lipinski definition) is 4. The van der Waals surface area contributed by atoms with Crippen molar-refractivity contribution in [1.82, 2.24) is 0 Å². The quantitative estimate of drug-likeness (QED) is 0.421. The summed E-state index contributed by atoms with van der Waals surface area (Å²) in [5.41, 5.74) is 2.11. The van der Waals surface area contributed by atoms with Crippen molar-refractivity contribution < 1.29 is 25.6 Å². The molecule has 10 saturated heterocycles. The molecule has 0 N–H and O–H groups in total. The van der Waals surface area contributed by atoms with Crippen LogP contribution in [0.25, 0.3) is 0 Å². The molecule has 0 radical (unpaired) electrons. The molecule has 0 aliphatic carbocycles. The summed E-state index contributed by atoms with van der Waals surface area (Å²) in [6, 6.07) is 20.0. The fourth-order valence-electron chi connectivity index (χ4n) is 19.3. The van der Waals surface area contributed by atoms with Crippen LogP contribution in [0.3, 0.4) is 0 Å². The van der Waals surface area contributed by atoms with Gasteiger partial charge in [-0.3, -0.25) is 0 Å². The van der Waals surface area contributed by atoms with E-state index in [-0.39, 0.29) is 20.6 Å². The molecule has 10 fully saturated rings. The molecule has 4 nitrogen and oxygen atoms in total. The average molecular weight is 454 g/mol. The van der Waals surface area contributed by atoms with Crippen LogP contribution in [0.1, 0.15) is 11.1 Å². The van der Waals surface area contributed by atoms with Crippen molar-refractivity contribution in [3.8, 4) is 0 Å². The standard InChI is InChI=1S/2C13H11O2.Fe/c2*14-13(12-8-4-5-9-12)15-10-11-6-2-1-3-7-11;/h2*1-9H,10H2;. The van der Waals surface area contributed by atoms with Crippen LogP contribution in [0.2, 0.25) is 47.2 Å². The zero-order valence-electron chi connectivity index (χ0n) is 16.8. The van der Waals surface area contributed by atoms with Crippen molar-refractivity contribution in [2.45, 2.75) is 60.4 Å². The van der Waals surface area contributed by atoms with Crippen LogP contribution in [0, 0.1) is 0 Å². The third kappa shape index (κ3) is 0.273. The molecule has 0 saturated carbocycles. The van der Waals surface area contributed by atoms with Crippen LogP contribution in [-0.2, 0) is 38.8 Å². The molecule has 0 bridgehead atoms. The molecule has 1 spiro atoms. The van der Waals surface area contributed by atoms with Crippen molar-refractivity contribution in [2.75, 3.05) is 0 Å². The van der Waals surface area contributed by atoms with Gasteiger partial charge in [-0.05, 0) is 0 Å². The van der Waals surface area contributed by atoms with E-state index in [2.05, 4.69) is 0 Å². The fraction of sp³-hybridized carbons (Fsp3) is 0.462. The molecule has 10 aliphatic heterocycles. The second kappa shape index (κ2) is 1.83. The molecule has 0 amide bonds. The first-order valence-electron chi connectivity index (χ1n) is 11.6. The van der Waals surface area contributed by atoms with Crippen LogP contribution in [-0.4, -0.2) is 11.9 Å². The van der Waals surface area contributed by atoms with Gasteiger partial charge in [0.15, 0.2) is 0 Å². The van der Waals surface area contributed by atoms with E-state index in [1.165, 1.54) is 0 Å². The van der Waals surface area contributed by atoms with E-state index in [4.69, 9.17) is 9.47 Å². The molecule has 31 heavy (non-hydrogen) atoms. The minimum absolute atomic E-state index is 0.109. The second-order valence-corrected chi connectivity index (χ2v) is 37.1. The van der Waals surface area contributed by atoms with Gasteiger partial charge < -0.3 is 0 Å². The molecule has 0 aromatic heterocycles. The van der Waals surface area contributed by atoms with E-state index in [0.717, 1.165) is 30.4 Å². The molecule has 8 unspecified atom stereocenters. The Labute approximate surface area is 169 Å². The number of hydrogen-bond donors (Lipinski definition) is 0. The van der Waals surface area contributed by atoms with Gasteiger partial charge in [-0.2, -0.15) is 0 Å². The van der Waals surface area contributed by atoms with E-state index >= 15 is 0 Å². The first-order chi connectivity index (χ1) is 14.9. The summed E-state index contributed by atoms with van der Waals surface area (Å²) in [5.74, 6) is 0.219. The molecule has 10 heterocycles. The Hall–Kier alpha value is -2.10. The van der Waals surface area contributed by atoms with Crippen molar-refractivity contribution in [2.24, 2.45) is 0 Å². The van der Waals surface area contributed by atoms with Crippen LogP contribution in [0.5, 0.6) is 0 Å². The van der Waals surface area contributed by atoms with E-state index < -0.39 is 6.51 Å². The Kier molecular flexibility index (Phi) is 0.836. The Balaban J connectivity index is 0.979. The van der Waals surface area contributed by atoms with Gasteiger partial charge in [0.1, 0.15) is 0 Å². The summed E-state index contributed by atoms with van der Waals surface area (Å²) in [4.78, 5) is 33.4. The van der Waals surface area contributed by atoms with Crippen LogP contribution < -0.4 is 0 Å². The van der Waals surface area contributed by atoms with Crippen molar-refractivity contribution in [3.05, 3.63) is 71.8 Å². The first-order valence-corrected chi connectivity index (χ1v) is 17.8. The molecular weight excluding hydrogens is 432 g/mol. The fourth-order valence-corrected chi connectivity index (χ4v) is 94.2. The van der Waals surface area contributed by atoms with E-state index in [1.807, 2.05) is 60.7 Å². The second-order valence-electron chi connectivity index (χ2n) is 13.9. The molecule has 158 valence electrons. The molecule has 8 atom stereocenters. The Morgan fingerprint density at radius 3 is 1.32 bits per heavy atom. The average Bonchev–Trinajstić information content (AvgIpc) is 3.75. The van der Waals surface area contributed by atoms with Gasteiger partial charge in [0.2, 0.25) is 0 Å². The van der Waals surface area contributed by atoms with E-state index in [9.17, 15) is 9.59 Å². The number of benzene rings is 2. The third-order valence-corrected chi connectivity index (χ3v) is 60.5. The van der Waals surface area contributed by atoms with Gasteiger partial charge in [-0.25, -0.2) is 0 Å². The zero-order chi connectivity index (χ0) is 20.1. The maximum atomic E-state index is 13.8. The monoisotopic (exact) mass is 454 g/mol. The third-order valence-electron chi connectivity index (χ3n) is 17.9. The Morgan fingerprint density at radius 1 is 0.645 bits per heavy atom. The van der Waals surface area contributed by atoms with Gasteiger partial charge >= 0.3 is 170 Å². The summed E-state index contributed by atoms with van der Waals surface area (Å²) in [6.07, 6.45) is 0. The van der Waals surface area contributed by atoms with Crippen LogP contribution in [0.15, 0.2) is 60.7 Å². The van der Waals surface area contributed by atoms with Gasteiger partial charge in [0.05, 0.1) is 0 Å². The number of carbonyl (C=O) groups excluding carboxylic acids is 2. The Morgan fingerprint density at radius 2 is 1.00 bits per heavy atom. The topological polar surface area (TPSA) is 52.6 Å². The molecule has 2 aromatic carbocycles. The van der Waals surface area contributed by atoms with Gasteiger partial charge in [-0.15, -0.1) is 0 Å². The molecule has 12 rings (SSSR count). The SMILES string of the molecule is O=C(OCc1ccccc1)[C]12[CH]3[CH]4[CH]5[CH]1[Fe]45321678[CH]2[CH]1[CH]6[C]7(C(=O)OCc1ccccc1)[CH]28. The first kappa shape index (κ1) is 14.1. The maximum absolute atomic E-state index is 13.8. The van der Waals surface area contributed by atoms with E-state index in [0.29, 0.717) is 32.5 Å². The molecule has 2 aromatic rings. The summed E-state index contributed by atoms with van der Waals surface area (Å²) in [5, 5.41) is 0. The normalized spacial score (nSPS) is 72.4. The van der Waals surface area contributed by atoms with Crippen molar-refractivity contribution in [3.63, 3.8) is 0 Å². The predicted molar refractivity (Wildman–Crippen MR) is 108 cm³/mol. The van der Waals surface area contributed by atoms with Crippen LogP contribution >= 0.6 is 0 Å². The van der Waals surface area contributed by atoms with Crippen molar-refractivity contribution >= 4 is 11.9 Å². The Bertz CT molecular complexity index is 1600. The van der Waals surface area contributed by atoms with Crippen LogP contribution in [0.4, 0.5) is 0 Å². The summed E-state index contributed by atoms with van der Waals surface area (Å²) in [7, 11) is 0. The summed E-state index contributed by atoms with van der Waals surface area (Å²) in [6.45, 7) is -3.49. The predicted octanol–water partition coefficient (Wildman–Crippen LogP) is 5.60. The number of rotatable bonds is 6. The molecular formula is C26H22FeO4. The number of ether oxygens (including phenoxy) is 2. The van der Waals surface area contributed by atoms with Gasteiger partial charge in [0, 0.05) is 0 Å². The van der Waals surface area contributed by atoms with E-state index in [1.54, 1.807) is 0 Å².